The lowest BCUT2D eigenvalue weighted by atomic mass is 10.3. The van der Waals surface area contributed by atoms with Crippen molar-refractivity contribution >= 4 is 0 Å². The molecule has 3 rings (SSSR count). The van der Waals surface area contributed by atoms with Gasteiger partial charge < -0.3 is 9.15 Å². The maximum Gasteiger partial charge on any atom is 0.314 e. The molecule has 10 heteroatoms. The van der Waals surface area contributed by atoms with Crippen LogP contribution < -0.4 is 4.74 Å². The molecule has 0 saturated heterocycles. The molecule has 0 fully saturated rings. The van der Waals surface area contributed by atoms with Crippen LogP contribution in [0.3, 0.4) is 0 Å². The van der Waals surface area contributed by atoms with Gasteiger partial charge in [0.2, 0.25) is 0 Å². The molecule has 0 spiro atoms. The van der Waals surface area contributed by atoms with Gasteiger partial charge in [-0.3, -0.25) is 0 Å². The number of benzene rings is 1. The van der Waals surface area contributed by atoms with Crippen molar-refractivity contribution in [2.45, 2.75) is 13.0 Å². The number of hydrogen-bond acceptors (Lipinski definition) is 6. The second-order valence-electron chi connectivity index (χ2n) is 4.50. The second-order valence-corrected chi connectivity index (χ2v) is 4.50. The van der Waals surface area contributed by atoms with E-state index in [4.69, 9.17) is 9.15 Å². The lowest BCUT2D eigenvalue weighted by Gasteiger charge is -2.05. The molecule has 6 nitrogen and oxygen atoms in total. The highest BCUT2D eigenvalue weighted by Crippen LogP contribution is 2.22. The molecule has 0 N–H and O–H groups in total. The zero-order valence-electron chi connectivity index (χ0n) is 11.8. The maximum atomic E-state index is 13.0. The number of halogens is 4. The maximum absolute atomic E-state index is 13.0. The van der Waals surface area contributed by atoms with Crippen LogP contribution in [0.1, 0.15) is 18.1 Å². The number of hydrogen-bond donors (Lipinski definition) is 0. The summed E-state index contributed by atoms with van der Waals surface area (Å²) in [5.74, 6) is -2.60. The molecule has 0 bridgehead atoms. The van der Waals surface area contributed by atoms with Crippen molar-refractivity contribution in [2.75, 3.05) is 0 Å². The summed E-state index contributed by atoms with van der Waals surface area (Å²) in [4.78, 5) is 7.89. The van der Waals surface area contributed by atoms with Gasteiger partial charge in [0.15, 0.2) is 17.5 Å². The lowest BCUT2D eigenvalue weighted by Crippen LogP contribution is -2.01. The molecule has 2 heterocycles. The van der Waals surface area contributed by atoms with E-state index < -0.39 is 24.0 Å². The van der Waals surface area contributed by atoms with Gasteiger partial charge in [-0.1, -0.05) is 0 Å². The Hall–Kier alpha value is -3.04. The predicted octanol–water partition coefficient (Wildman–Crippen LogP) is 3.32. The molecule has 0 aliphatic rings. The monoisotopic (exact) mass is 340 g/mol. The van der Waals surface area contributed by atoms with Crippen LogP contribution in [-0.4, -0.2) is 20.2 Å². The third-order valence-electron chi connectivity index (χ3n) is 2.84. The van der Waals surface area contributed by atoms with Gasteiger partial charge >= 0.3 is 6.43 Å². The largest absolute Gasteiger partial charge is 0.486 e. The zero-order valence-corrected chi connectivity index (χ0v) is 11.8. The topological polar surface area (TPSA) is 73.9 Å². The Balaban J connectivity index is 1.66. The van der Waals surface area contributed by atoms with Crippen molar-refractivity contribution in [2.24, 2.45) is 0 Å². The van der Waals surface area contributed by atoms with Gasteiger partial charge in [0.25, 0.3) is 11.8 Å². The van der Waals surface area contributed by atoms with E-state index in [2.05, 4.69) is 20.2 Å². The van der Waals surface area contributed by atoms with Crippen LogP contribution in [0.5, 0.6) is 5.75 Å². The Bertz CT molecular complexity index is 839. The van der Waals surface area contributed by atoms with Gasteiger partial charge in [-0.2, -0.15) is 8.78 Å². The lowest BCUT2D eigenvalue weighted by molar-refractivity contribution is 0.116. The molecule has 0 atom stereocenters. The normalized spacial score (nSPS) is 11.0. The Kier molecular flexibility index (Phi) is 4.36. The molecule has 0 unspecified atom stereocenters. The van der Waals surface area contributed by atoms with E-state index in [1.165, 1.54) is 18.5 Å². The van der Waals surface area contributed by atoms with E-state index in [0.717, 1.165) is 12.1 Å². The van der Waals surface area contributed by atoms with Gasteiger partial charge in [0, 0.05) is 18.5 Å². The third-order valence-corrected chi connectivity index (χ3v) is 2.84. The molecule has 124 valence electrons. The summed E-state index contributed by atoms with van der Waals surface area (Å²) >= 11 is 0. The summed E-state index contributed by atoms with van der Waals surface area (Å²) in [7, 11) is 0. The fourth-order valence-corrected chi connectivity index (χ4v) is 1.69. The minimum absolute atomic E-state index is 0.0997. The highest BCUT2D eigenvalue weighted by Gasteiger charge is 2.17. The molecular formula is C14H8F4N4O2. The number of aromatic nitrogens is 4. The van der Waals surface area contributed by atoms with Crippen LogP contribution in [0.25, 0.3) is 11.5 Å². The molecule has 3 aromatic rings. The quantitative estimate of drug-likeness (QED) is 0.664. The summed E-state index contributed by atoms with van der Waals surface area (Å²) in [5.41, 5.74) is 0.256. The highest BCUT2D eigenvalue weighted by atomic mass is 19.3. The molecular weight excluding hydrogens is 332 g/mol. The minimum atomic E-state index is -2.86. The SMILES string of the molecule is Fc1ccc(OCc2ncc(-c3nnc(C(F)F)o3)cn2)cc1F. The first kappa shape index (κ1) is 15.8. The van der Waals surface area contributed by atoms with Crippen molar-refractivity contribution in [3.8, 4) is 17.2 Å². The standard InChI is InChI=1S/C14H8F4N4O2/c15-9-2-1-8(3-10(9)16)23-6-11-19-4-7(5-20-11)13-21-22-14(24-13)12(17)18/h1-5,12H,6H2. The third kappa shape index (κ3) is 3.47. The van der Waals surface area contributed by atoms with Gasteiger partial charge in [-0.15, -0.1) is 10.2 Å². The number of rotatable bonds is 5. The van der Waals surface area contributed by atoms with Crippen molar-refractivity contribution in [1.29, 1.82) is 0 Å². The fraction of sp³-hybridized carbons (Fsp3) is 0.143. The van der Waals surface area contributed by atoms with Gasteiger partial charge in [-0.05, 0) is 12.1 Å². The van der Waals surface area contributed by atoms with E-state index in [1.54, 1.807) is 0 Å². The van der Waals surface area contributed by atoms with Crippen molar-refractivity contribution in [1.82, 2.24) is 20.2 Å². The average Bonchev–Trinajstić information content (AvgIpc) is 3.07. The second kappa shape index (κ2) is 6.60. The Morgan fingerprint density at radius 1 is 1.04 bits per heavy atom. The summed E-state index contributed by atoms with van der Waals surface area (Å²) in [5, 5.41) is 6.66. The van der Waals surface area contributed by atoms with Crippen LogP contribution in [0.15, 0.2) is 35.0 Å². The average molecular weight is 340 g/mol. The fourth-order valence-electron chi connectivity index (χ4n) is 1.69. The molecule has 24 heavy (non-hydrogen) atoms. The van der Waals surface area contributed by atoms with E-state index in [9.17, 15) is 17.6 Å². The Morgan fingerprint density at radius 3 is 2.42 bits per heavy atom. The van der Waals surface area contributed by atoms with Gasteiger partial charge in [0.1, 0.15) is 12.4 Å². The van der Waals surface area contributed by atoms with E-state index >= 15 is 0 Å². The molecule has 0 aliphatic heterocycles. The number of alkyl halides is 2. The molecule has 1 aromatic carbocycles. The molecule has 0 aliphatic carbocycles. The predicted molar refractivity (Wildman–Crippen MR) is 71.0 cm³/mol. The molecule has 0 radical (unpaired) electrons. The summed E-state index contributed by atoms with van der Waals surface area (Å²) in [6, 6.07) is 3.09. The van der Waals surface area contributed by atoms with Gasteiger partial charge in [0.05, 0.1) is 5.56 Å². The van der Waals surface area contributed by atoms with Gasteiger partial charge in [-0.25, -0.2) is 18.7 Å². The number of ether oxygens (including phenoxy) is 1. The first-order valence-corrected chi connectivity index (χ1v) is 6.53. The van der Waals surface area contributed by atoms with Crippen LogP contribution in [0.4, 0.5) is 17.6 Å². The van der Waals surface area contributed by atoms with E-state index in [-0.39, 0.29) is 29.6 Å². The van der Waals surface area contributed by atoms with Crippen LogP contribution in [0.2, 0.25) is 0 Å². The van der Waals surface area contributed by atoms with E-state index in [1.807, 2.05) is 0 Å². The van der Waals surface area contributed by atoms with Crippen molar-refractivity contribution in [3.63, 3.8) is 0 Å². The summed E-state index contributed by atoms with van der Waals surface area (Å²) in [6.07, 6.45) is -0.282. The van der Waals surface area contributed by atoms with Crippen molar-refractivity contribution < 1.29 is 26.7 Å². The Labute approximate surface area is 132 Å². The number of nitrogens with zero attached hydrogens (tertiary/aromatic N) is 4. The zero-order chi connectivity index (χ0) is 17.1. The minimum Gasteiger partial charge on any atom is -0.486 e. The molecule has 2 aromatic heterocycles. The summed E-state index contributed by atoms with van der Waals surface area (Å²) in [6.45, 7) is -0.0997. The highest BCUT2D eigenvalue weighted by molar-refractivity contribution is 5.48. The summed E-state index contributed by atoms with van der Waals surface area (Å²) < 4.78 is 60.6. The first-order valence-electron chi connectivity index (χ1n) is 6.53. The van der Waals surface area contributed by atoms with Crippen LogP contribution in [-0.2, 0) is 6.61 Å². The van der Waals surface area contributed by atoms with E-state index in [0.29, 0.717) is 0 Å². The Morgan fingerprint density at radius 2 is 1.79 bits per heavy atom. The smallest absolute Gasteiger partial charge is 0.314 e. The van der Waals surface area contributed by atoms with Crippen LogP contribution in [0, 0.1) is 11.6 Å². The first-order chi connectivity index (χ1) is 11.5. The molecule has 0 saturated carbocycles. The van der Waals surface area contributed by atoms with Crippen molar-refractivity contribution in [3.05, 3.63) is 53.9 Å². The molecule has 0 amide bonds. The van der Waals surface area contributed by atoms with Crippen LogP contribution >= 0.6 is 0 Å².